The van der Waals surface area contributed by atoms with E-state index in [1.165, 1.54) is 12.8 Å². The summed E-state index contributed by atoms with van der Waals surface area (Å²) >= 11 is 0. The maximum atomic E-state index is 11.7. The van der Waals surface area contributed by atoms with Gasteiger partial charge in [0.2, 0.25) is 0 Å². The van der Waals surface area contributed by atoms with Crippen molar-refractivity contribution in [3.63, 3.8) is 0 Å². The third-order valence-corrected chi connectivity index (χ3v) is 12.3. The zero-order valence-corrected chi connectivity index (χ0v) is 24.3. The third-order valence-electron chi connectivity index (χ3n) is 12.3. The van der Waals surface area contributed by atoms with E-state index in [9.17, 15) is 20.1 Å². The largest absolute Gasteiger partial charge is 0.481 e. The van der Waals surface area contributed by atoms with Gasteiger partial charge in [-0.2, -0.15) is 0 Å². The molecule has 1 heterocycles. The Morgan fingerprint density at radius 3 is 2.08 bits per heavy atom. The molecule has 0 aromatic heterocycles. The highest BCUT2D eigenvalue weighted by atomic mass is 16.5. The van der Waals surface area contributed by atoms with Crippen LogP contribution in [0.5, 0.6) is 0 Å². The van der Waals surface area contributed by atoms with Crippen molar-refractivity contribution in [2.45, 2.75) is 149 Å². The van der Waals surface area contributed by atoms with Crippen LogP contribution in [-0.2, 0) is 9.53 Å². The lowest BCUT2D eigenvalue weighted by molar-refractivity contribution is -0.211. The Morgan fingerprint density at radius 1 is 0.861 bits per heavy atom. The van der Waals surface area contributed by atoms with Gasteiger partial charge in [0, 0.05) is 12.8 Å². The number of rotatable bonds is 7. The fraction of sp³-hybridized carbons (Fsp3) is 0.968. The lowest BCUT2D eigenvalue weighted by atomic mass is 9.37. The van der Waals surface area contributed by atoms with Crippen molar-refractivity contribution >= 4 is 5.97 Å². The minimum Gasteiger partial charge on any atom is -0.481 e. The molecule has 0 spiro atoms. The van der Waals surface area contributed by atoms with Gasteiger partial charge in [-0.05, 0) is 132 Å². The van der Waals surface area contributed by atoms with Gasteiger partial charge in [0.05, 0.1) is 22.9 Å². The lowest BCUT2D eigenvalue weighted by Crippen LogP contribution is -2.62. The Hall–Kier alpha value is -0.650. The molecule has 4 aliphatic rings. The molecule has 0 radical (unpaired) electrons. The quantitative estimate of drug-likeness (QED) is 0.363. The SMILES string of the molecule is CC(C)(O)CC1CCC(C)(C2CCC3(C)C2CCC2C(C)(CCC(=O)O)C(C(C)(C)O)CCC23C)O1. The van der Waals surface area contributed by atoms with Crippen molar-refractivity contribution in [1.29, 1.82) is 0 Å². The monoisotopic (exact) mass is 506 g/mol. The molecule has 208 valence electrons. The van der Waals surface area contributed by atoms with E-state index in [2.05, 4.69) is 27.7 Å². The number of aliphatic hydroxyl groups is 2. The molecule has 9 atom stereocenters. The number of carboxylic acid groups (broad SMARTS) is 1. The van der Waals surface area contributed by atoms with E-state index in [1.54, 1.807) is 0 Å². The third kappa shape index (κ3) is 4.57. The van der Waals surface area contributed by atoms with Gasteiger partial charge in [0.25, 0.3) is 0 Å². The molecule has 4 fully saturated rings. The summed E-state index contributed by atoms with van der Waals surface area (Å²) in [6, 6.07) is 0. The minimum atomic E-state index is -0.814. The first-order valence-corrected chi connectivity index (χ1v) is 14.7. The molecule has 3 aliphatic carbocycles. The van der Waals surface area contributed by atoms with Crippen LogP contribution < -0.4 is 0 Å². The lowest BCUT2D eigenvalue weighted by Gasteiger charge is -2.67. The first kappa shape index (κ1) is 28.4. The van der Waals surface area contributed by atoms with Gasteiger partial charge in [-0.1, -0.05) is 20.8 Å². The maximum Gasteiger partial charge on any atom is 0.303 e. The molecular formula is C31H54O5. The van der Waals surface area contributed by atoms with Crippen LogP contribution in [0.1, 0.15) is 126 Å². The Balaban J connectivity index is 1.62. The Labute approximate surface area is 219 Å². The molecule has 36 heavy (non-hydrogen) atoms. The van der Waals surface area contributed by atoms with Crippen LogP contribution in [0.3, 0.4) is 0 Å². The van der Waals surface area contributed by atoms with Crippen LogP contribution in [0.4, 0.5) is 0 Å². The molecule has 1 saturated heterocycles. The smallest absolute Gasteiger partial charge is 0.303 e. The maximum absolute atomic E-state index is 11.7. The molecule has 0 bridgehead atoms. The normalized spacial score (nSPS) is 47.4. The van der Waals surface area contributed by atoms with E-state index in [-0.39, 0.29) is 40.3 Å². The van der Waals surface area contributed by atoms with E-state index in [1.807, 2.05) is 27.7 Å². The van der Waals surface area contributed by atoms with Crippen LogP contribution in [0.2, 0.25) is 0 Å². The fourth-order valence-electron chi connectivity index (χ4n) is 10.6. The zero-order chi connectivity index (χ0) is 26.9. The highest BCUT2D eigenvalue weighted by molar-refractivity contribution is 5.66. The number of fused-ring (bicyclic) bond motifs is 3. The molecule has 0 aromatic carbocycles. The van der Waals surface area contributed by atoms with E-state index in [0.29, 0.717) is 30.6 Å². The number of aliphatic carboxylic acids is 1. The number of hydrogen-bond acceptors (Lipinski definition) is 4. The van der Waals surface area contributed by atoms with Crippen molar-refractivity contribution in [2.75, 3.05) is 0 Å². The molecule has 1 aliphatic heterocycles. The Bertz CT molecular complexity index is 841. The van der Waals surface area contributed by atoms with Gasteiger partial charge >= 0.3 is 5.97 Å². The van der Waals surface area contributed by atoms with Crippen molar-refractivity contribution in [1.82, 2.24) is 0 Å². The molecular weight excluding hydrogens is 452 g/mol. The predicted molar refractivity (Wildman–Crippen MR) is 143 cm³/mol. The fourth-order valence-corrected chi connectivity index (χ4v) is 10.6. The van der Waals surface area contributed by atoms with E-state index >= 15 is 0 Å². The first-order chi connectivity index (χ1) is 16.4. The average Bonchev–Trinajstić information content (AvgIpc) is 3.26. The summed E-state index contributed by atoms with van der Waals surface area (Å²) in [7, 11) is 0. The van der Waals surface area contributed by atoms with Crippen LogP contribution in [-0.4, -0.2) is 44.2 Å². The average molecular weight is 507 g/mol. The first-order valence-electron chi connectivity index (χ1n) is 14.7. The summed E-state index contributed by atoms with van der Waals surface area (Å²) in [4.78, 5) is 11.7. The highest BCUT2D eigenvalue weighted by Gasteiger charge is 2.68. The van der Waals surface area contributed by atoms with Gasteiger partial charge in [0.1, 0.15) is 0 Å². The summed E-state index contributed by atoms with van der Waals surface area (Å²) < 4.78 is 6.78. The van der Waals surface area contributed by atoms with Gasteiger partial charge < -0.3 is 20.1 Å². The van der Waals surface area contributed by atoms with Crippen molar-refractivity contribution in [2.24, 2.45) is 39.9 Å². The number of carboxylic acids is 1. The van der Waals surface area contributed by atoms with Gasteiger partial charge in [-0.25, -0.2) is 0 Å². The molecule has 5 nitrogen and oxygen atoms in total. The second-order valence-electron chi connectivity index (χ2n) is 15.5. The summed E-state index contributed by atoms with van der Waals surface area (Å²) in [6.07, 6.45) is 10.5. The van der Waals surface area contributed by atoms with E-state index < -0.39 is 17.2 Å². The second kappa shape index (κ2) is 8.95. The summed E-state index contributed by atoms with van der Waals surface area (Å²) in [5.41, 5.74) is -1.52. The standard InChI is InChI=1S/C31H54O5/c1-26(2,34)19-20-11-18-31(8,36-20)22-12-16-29(6)21(22)9-10-24-28(5,15-14-25(32)33)23(27(3,4)35)13-17-30(24,29)7/h20-24,34-35H,9-19H2,1-8H3,(H,32,33). The van der Waals surface area contributed by atoms with E-state index in [0.717, 1.165) is 38.5 Å². The summed E-state index contributed by atoms with van der Waals surface area (Å²) in [5.74, 6) is 0.926. The predicted octanol–water partition coefficient (Wildman–Crippen LogP) is 6.59. The van der Waals surface area contributed by atoms with Crippen molar-refractivity contribution in [3.8, 4) is 0 Å². The van der Waals surface area contributed by atoms with Gasteiger partial charge in [-0.15, -0.1) is 0 Å². The molecule has 3 saturated carbocycles. The van der Waals surface area contributed by atoms with Gasteiger partial charge in [0.15, 0.2) is 0 Å². The second-order valence-corrected chi connectivity index (χ2v) is 15.5. The van der Waals surface area contributed by atoms with Gasteiger partial charge in [-0.3, -0.25) is 4.79 Å². The zero-order valence-electron chi connectivity index (χ0n) is 24.3. The van der Waals surface area contributed by atoms with E-state index in [4.69, 9.17) is 4.74 Å². The van der Waals surface area contributed by atoms with Crippen LogP contribution in [0.15, 0.2) is 0 Å². The molecule has 0 amide bonds. The topological polar surface area (TPSA) is 87.0 Å². The van der Waals surface area contributed by atoms with Crippen molar-refractivity contribution < 1.29 is 24.9 Å². The Kier molecular flexibility index (Phi) is 7.05. The van der Waals surface area contributed by atoms with Crippen LogP contribution >= 0.6 is 0 Å². The number of carbonyl (C=O) groups is 1. The Morgan fingerprint density at radius 2 is 1.50 bits per heavy atom. The number of hydrogen-bond donors (Lipinski definition) is 3. The van der Waals surface area contributed by atoms with Crippen LogP contribution in [0, 0.1) is 39.9 Å². The molecule has 4 rings (SSSR count). The molecule has 3 N–H and O–H groups in total. The molecule has 9 unspecified atom stereocenters. The van der Waals surface area contributed by atoms with Crippen molar-refractivity contribution in [3.05, 3.63) is 0 Å². The molecule has 0 aromatic rings. The molecule has 5 heteroatoms. The number of ether oxygens (including phenoxy) is 1. The summed E-state index contributed by atoms with van der Waals surface area (Å²) in [6.45, 7) is 17.3. The van der Waals surface area contributed by atoms with Crippen LogP contribution in [0.25, 0.3) is 0 Å². The minimum absolute atomic E-state index is 0.109. The summed E-state index contributed by atoms with van der Waals surface area (Å²) in [5, 5.41) is 31.2. The highest BCUT2D eigenvalue weighted by Crippen LogP contribution is 2.74.